The number of benzene rings is 2. The molecule has 5 rings (SSSR count). The van der Waals surface area contributed by atoms with Gasteiger partial charge in [0.15, 0.2) is 28.8 Å². The van der Waals surface area contributed by atoms with Gasteiger partial charge >= 0.3 is 0 Å². The third-order valence-electron chi connectivity index (χ3n) is 8.12. The second kappa shape index (κ2) is 10.8. The van der Waals surface area contributed by atoms with Gasteiger partial charge in [0.2, 0.25) is 0 Å². The number of carbonyl (C=O) groups excluding carboxylic acids is 1. The fourth-order valence-corrected chi connectivity index (χ4v) is 6.14. The Labute approximate surface area is 219 Å². The standard InChI is InChI=1S/C30H37NO6/c1-34-24-10-8-20(17-26(24)36-3)23(33)7-5-4-6-15-31-16-14-30-13-12-22(32)18-27(30)37-29-25(35-2)11-9-21(19-31)28(29)30/h8-13,17,22,27,32H,4-7,14-16,18-19H2,1-3H3/t22-,27?,30?/m0/s1. The minimum Gasteiger partial charge on any atom is -0.493 e. The molecule has 0 saturated heterocycles. The molecule has 37 heavy (non-hydrogen) atoms. The van der Waals surface area contributed by atoms with Crippen molar-refractivity contribution in [2.45, 2.75) is 62.7 Å². The largest absolute Gasteiger partial charge is 0.493 e. The van der Waals surface area contributed by atoms with Gasteiger partial charge in [-0.15, -0.1) is 0 Å². The van der Waals surface area contributed by atoms with E-state index >= 15 is 0 Å². The van der Waals surface area contributed by atoms with Crippen molar-refractivity contribution in [1.82, 2.24) is 4.90 Å². The first-order valence-corrected chi connectivity index (χ1v) is 13.2. The van der Waals surface area contributed by atoms with Crippen molar-refractivity contribution in [3.05, 3.63) is 59.2 Å². The summed E-state index contributed by atoms with van der Waals surface area (Å²) in [5.74, 6) is 2.95. The second-order valence-electron chi connectivity index (χ2n) is 10.3. The maximum absolute atomic E-state index is 12.7. The Morgan fingerprint density at radius 1 is 1.05 bits per heavy atom. The zero-order valence-corrected chi connectivity index (χ0v) is 22.0. The maximum atomic E-state index is 12.7. The van der Waals surface area contributed by atoms with Crippen LogP contribution in [0.3, 0.4) is 0 Å². The third-order valence-corrected chi connectivity index (χ3v) is 8.12. The quantitative estimate of drug-likeness (QED) is 0.284. The Bertz CT molecular complexity index is 1180. The first-order chi connectivity index (χ1) is 18.0. The fraction of sp³-hybridized carbons (Fsp3) is 0.500. The Morgan fingerprint density at radius 2 is 1.84 bits per heavy atom. The summed E-state index contributed by atoms with van der Waals surface area (Å²) >= 11 is 0. The molecule has 2 unspecified atom stereocenters. The molecular weight excluding hydrogens is 470 g/mol. The maximum Gasteiger partial charge on any atom is 0.166 e. The zero-order valence-electron chi connectivity index (χ0n) is 22.0. The van der Waals surface area contributed by atoms with Gasteiger partial charge in [-0.2, -0.15) is 0 Å². The first kappa shape index (κ1) is 25.6. The molecule has 198 valence electrons. The highest BCUT2D eigenvalue weighted by Gasteiger charge is 2.52. The van der Waals surface area contributed by atoms with E-state index in [2.05, 4.69) is 17.0 Å². The normalized spacial score (nSPS) is 24.0. The molecule has 3 atom stereocenters. The monoisotopic (exact) mass is 507 g/mol. The Hall–Kier alpha value is -3.03. The molecule has 1 N–H and O–H groups in total. The van der Waals surface area contributed by atoms with Crippen LogP contribution in [-0.4, -0.2) is 62.4 Å². The average Bonchev–Trinajstić information content (AvgIpc) is 3.16. The van der Waals surface area contributed by atoms with E-state index in [1.54, 1.807) is 39.5 Å². The number of methoxy groups -OCH3 is 3. The molecule has 0 amide bonds. The number of ether oxygens (including phenoxy) is 4. The number of carbonyl (C=O) groups is 1. The first-order valence-electron chi connectivity index (χ1n) is 13.2. The van der Waals surface area contributed by atoms with E-state index in [1.807, 2.05) is 12.1 Å². The summed E-state index contributed by atoms with van der Waals surface area (Å²) in [6.45, 7) is 2.81. The van der Waals surface area contributed by atoms with Gasteiger partial charge in [-0.05, 0) is 62.2 Å². The van der Waals surface area contributed by atoms with Crippen molar-refractivity contribution in [3.63, 3.8) is 0 Å². The van der Waals surface area contributed by atoms with Gasteiger partial charge in [0.25, 0.3) is 0 Å². The van der Waals surface area contributed by atoms with Gasteiger partial charge in [-0.1, -0.05) is 24.6 Å². The van der Waals surface area contributed by atoms with E-state index in [0.717, 1.165) is 56.8 Å². The number of hydrogen-bond acceptors (Lipinski definition) is 7. The van der Waals surface area contributed by atoms with E-state index in [0.29, 0.717) is 29.9 Å². The van der Waals surface area contributed by atoms with Gasteiger partial charge in [0, 0.05) is 30.5 Å². The van der Waals surface area contributed by atoms with Gasteiger partial charge in [-0.25, -0.2) is 0 Å². The number of rotatable bonds is 10. The van der Waals surface area contributed by atoms with Crippen LogP contribution in [0.15, 0.2) is 42.5 Å². The number of ketones is 1. The van der Waals surface area contributed by atoms with Crippen LogP contribution >= 0.6 is 0 Å². The van der Waals surface area contributed by atoms with E-state index < -0.39 is 6.10 Å². The number of aliphatic hydroxyl groups is 1. The summed E-state index contributed by atoms with van der Waals surface area (Å²) in [6, 6.07) is 9.52. The lowest BCUT2D eigenvalue weighted by atomic mass is 9.69. The van der Waals surface area contributed by atoms with E-state index in [-0.39, 0.29) is 17.3 Å². The smallest absolute Gasteiger partial charge is 0.166 e. The Kier molecular flexibility index (Phi) is 7.45. The Balaban J connectivity index is 1.19. The summed E-state index contributed by atoms with van der Waals surface area (Å²) in [5.41, 5.74) is 2.97. The van der Waals surface area contributed by atoms with E-state index in [9.17, 15) is 9.90 Å². The lowest BCUT2D eigenvalue weighted by molar-refractivity contribution is 0.0809. The van der Waals surface area contributed by atoms with Crippen molar-refractivity contribution >= 4 is 5.78 Å². The molecule has 0 radical (unpaired) electrons. The molecule has 2 aliphatic heterocycles. The average molecular weight is 508 g/mol. The SMILES string of the molecule is COc1ccc(C(=O)CCCCCN2CCC34C=C[C@H](O)CC3Oc3c(OC)ccc(c34)C2)cc1OC. The highest BCUT2D eigenvalue weighted by Crippen LogP contribution is 2.55. The molecule has 0 fully saturated rings. The summed E-state index contributed by atoms with van der Waals surface area (Å²) in [7, 11) is 4.85. The van der Waals surface area contributed by atoms with Crippen LogP contribution in [-0.2, 0) is 12.0 Å². The van der Waals surface area contributed by atoms with Crippen LogP contribution in [0.25, 0.3) is 0 Å². The molecule has 2 aromatic rings. The molecule has 1 aliphatic carbocycles. The van der Waals surface area contributed by atoms with Crippen LogP contribution < -0.4 is 18.9 Å². The molecule has 0 saturated carbocycles. The fourth-order valence-electron chi connectivity index (χ4n) is 6.14. The summed E-state index contributed by atoms with van der Waals surface area (Å²) < 4.78 is 22.6. The van der Waals surface area contributed by atoms with Crippen LogP contribution in [0.5, 0.6) is 23.0 Å². The van der Waals surface area contributed by atoms with Crippen LogP contribution in [0.4, 0.5) is 0 Å². The van der Waals surface area contributed by atoms with Crippen molar-refractivity contribution in [1.29, 1.82) is 0 Å². The molecular formula is C30H37NO6. The summed E-state index contributed by atoms with van der Waals surface area (Å²) in [5, 5.41) is 10.3. The number of hydrogen-bond donors (Lipinski definition) is 1. The Morgan fingerprint density at radius 3 is 2.62 bits per heavy atom. The van der Waals surface area contributed by atoms with Crippen LogP contribution in [0.1, 0.15) is 60.0 Å². The van der Waals surface area contributed by atoms with Crippen molar-refractivity contribution in [2.75, 3.05) is 34.4 Å². The molecule has 7 heteroatoms. The highest BCUT2D eigenvalue weighted by atomic mass is 16.5. The predicted molar refractivity (Wildman–Crippen MR) is 141 cm³/mol. The summed E-state index contributed by atoms with van der Waals surface area (Å²) in [4.78, 5) is 15.2. The molecule has 0 bridgehead atoms. The van der Waals surface area contributed by atoms with Gasteiger partial charge < -0.3 is 24.1 Å². The number of aliphatic hydroxyl groups excluding tert-OH is 1. The minimum absolute atomic E-state index is 0.0694. The number of nitrogens with zero attached hydrogens (tertiary/aromatic N) is 1. The van der Waals surface area contributed by atoms with Gasteiger partial charge in [0.1, 0.15) is 6.10 Å². The topological polar surface area (TPSA) is 77.5 Å². The van der Waals surface area contributed by atoms with Crippen LogP contribution in [0.2, 0.25) is 0 Å². The van der Waals surface area contributed by atoms with Gasteiger partial charge in [0.05, 0.1) is 32.8 Å². The van der Waals surface area contributed by atoms with Gasteiger partial charge in [-0.3, -0.25) is 9.69 Å². The van der Waals surface area contributed by atoms with E-state index in [4.69, 9.17) is 18.9 Å². The zero-order chi connectivity index (χ0) is 26.0. The highest BCUT2D eigenvalue weighted by molar-refractivity contribution is 5.96. The molecule has 0 aromatic heterocycles. The van der Waals surface area contributed by atoms with E-state index in [1.165, 1.54) is 11.1 Å². The molecule has 2 aromatic carbocycles. The lowest BCUT2D eigenvalue weighted by Crippen LogP contribution is -2.43. The minimum atomic E-state index is -0.472. The van der Waals surface area contributed by atoms with Crippen molar-refractivity contribution in [3.8, 4) is 23.0 Å². The number of Topliss-reactive ketones (excluding diaryl/α,β-unsaturated/α-hetero) is 1. The molecule has 1 spiro atoms. The molecule has 2 heterocycles. The third kappa shape index (κ3) is 4.82. The second-order valence-corrected chi connectivity index (χ2v) is 10.3. The molecule has 3 aliphatic rings. The molecule has 7 nitrogen and oxygen atoms in total. The van der Waals surface area contributed by atoms with Crippen molar-refractivity contribution < 1.29 is 28.8 Å². The van der Waals surface area contributed by atoms with Crippen molar-refractivity contribution in [2.24, 2.45) is 0 Å². The lowest BCUT2D eigenvalue weighted by Gasteiger charge is -2.35. The summed E-state index contributed by atoms with van der Waals surface area (Å²) in [6.07, 6.45) is 8.55. The number of unbranched alkanes of at least 4 members (excludes halogenated alkanes) is 2. The predicted octanol–water partition coefficient (Wildman–Crippen LogP) is 4.68. The van der Waals surface area contributed by atoms with Crippen LogP contribution in [0, 0.1) is 0 Å².